The Morgan fingerprint density at radius 3 is 2.19 bits per heavy atom. The normalized spacial score (nSPS) is 24.5. The zero-order valence-electron chi connectivity index (χ0n) is 26.6. The van der Waals surface area contributed by atoms with E-state index in [0.29, 0.717) is 11.8 Å². The van der Waals surface area contributed by atoms with E-state index >= 15 is 0 Å². The van der Waals surface area contributed by atoms with Gasteiger partial charge in [-0.2, -0.15) is 4.89 Å². The van der Waals surface area contributed by atoms with Gasteiger partial charge in [-0.15, -0.1) is 0 Å². The standard InChI is InChI=1S/C26H35N3O.C7H10O3.C2H6/c1-18-9-10-24(13-21(18)4)27-11-6-12-28-14-22-16-29(17-23(22)15-28)26(30)25-19(2)7-5-8-20(25)3;8-7-5-3-1-2-4-6(5)9-10-7;1-2/h5,7-10,13,22-23,27H,6,11-12,14-17H2,1-4H3;5-6H,1-4H2;1-2H3. The van der Waals surface area contributed by atoms with Crippen LogP contribution < -0.4 is 5.32 Å². The van der Waals surface area contributed by atoms with Gasteiger partial charge in [0.15, 0.2) is 0 Å². The third kappa shape index (κ3) is 7.73. The third-order valence-corrected chi connectivity index (χ3v) is 9.29. The Hall–Kier alpha value is -2.90. The number of carbonyl (C=O) groups is 2. The quantitative estimate of drug-likeness (QED) is 0.313. The number of hydrogen-bond donors (Lipinski definition) is 1. The van der Waals surface area contributed by atoms with Gasteiger partial charge in [0.05, 0.1) is 5.92 Å². The molecule has 0 aromatic heterocycles. The zero-order valence-corrected chi connectivity index (χ0v) is 26.6. The molecule has 2 aromatic carbocycles. The summed E-state index contributed by atoms with van der Waals surface area (Å²) in [6.07, 6.45) is 5.45. The summed E-state index contributed by atoms with van der Waals surface area (Å²) in [5, 5.41) is 3.56. The van der Waals surface area contributed by atoms with Gasteiger partial charge in [0.25, 0.3) is 5.91 Å². The summed E-state index contributed by atoms with van der Waals surface area (Å²) in [6, 6.07) is 12.7. The molecule has 0 radical (unpaired) electrons. The van der Waals surface area contributed by atoms with Gasteiger partial charge in [0.1, 0.15) is 6.10 Å². The molecule has 42 heavy (non-hydrogen) atoms. The number of carbonyl (C=O) groups excluding carboxylic acids is 2. The molecule has 0 spiro atoms. The smallest absolute Gasteiger partial charge is 0.348 e. The molecule has 7 nitrogen and oxygen atoms in total. The lowest BCUT2D eigenvalue weighted by molar-refractivity contribution is -0.263. The van der Waals surface area contributed by atoms with Crippen LogP contribution in [0.1, 0.15) is 78.6 Å². The second kappa shape index (κ2) is 15.0. The van der Waals surface area contributed by atoms with Crippen molar-refractivity contribution in [2.75, 3.05) is 44.6 Å². The highest BCUT2D eigenvalue weighted by Crippen LogP contribution is 2.33. The molecule has 1 aliphatic carbocycles. The number of fused-ring (bicyclic) bond motifs is 2. The molecule has 230 valence electrons. The minimum absolute atomic E-state index is 0.0498. The first-order chi connectivity index (χ1) is 20.3. The summed E-state index contributed by atoms with van der Waals surface area (Å²) in [7, 11) is 0. The van der Waals surface area contributed by atoms with Gasteiger partial charge in [0.2, 0.25) is 0 Å². The van der Waals surface area contributed by atoms with Crippen molar-refractivity contribution >= 4 is 17.6 Å². The van der Waals surface area contributed by atoms with Gasteiger partial charge in [-0.25, -0.2) is 4.79 Å². The van der Waals surface area contributed by atoms with Gasteiger partial charge in [-0.1, -0.05) is 51.0 Å². The van der Waals surface area contributed by atoms with Crippen LogP contribution in [0.4, 0.5) is 5.69 Å². The maximum Gasteiger partial charge on any atom is 0.348 e. The predicted molar refractivity (Wildman–Crippen MR) is 169 cm³/mol. The average Bonchev–Trinajstić information content (AvgIpc) is 3.68. The lowest BCUT2D eigenvalue weighted by Gasteiger charge is -2.23. The maximum absolute atomic E-state index is 13.1. The van der Waals surface area contributed by atoms with Crippen LogP contribution in [0.15, 0.2) is 36.4 Å². The summed E-state index contributed by atoms with van der Waals surface area (Å²) in [4.78, 5) is 37.9. The van der Waals surface area contributed by atoms with E-state index in [1.54, 1.807) is 0 Å². The highest BCUT2D eigenvalue weighted by Gasteiger charge is 2.42. The second-order valence-electron chi connectivity index (χ2n) is 12.3. The molecular formula is C35H51N3O4. The van der Waals surface area contributed by atoms with Gasteiger partial charge in [0, 0.05) is 44.0 Å². The SMILES string of the molecule is CC.Cc1ccc(NCCCN2CC3CN(C(=O)c4c(C)cccc4C)CC3C2)cc1C.O=C1OOC2CCCCC12. The van der Waals surface area contributed by atoms with Crippen molar-refractivity contribution in [2.45, 2.75) is 79.8 Å². The maximum atomic E-state index is 13.1. The van der Waals surface area contributed by atoms with Crippen LogP contribution in [0.3, 0.4) is 0 Å². The van der Waals surface area contributed by atoms with E-state index < -0.39 is 0 Å². The van der Waals surface area contributed by atoms with Crippen LogP contribution in [0.25, 0.3) is 0 Å². The molecule has 1 N–H and O–H groups in total. The number of likely N-dealkylation sites (tertiary alicyclic amines) is 2. The fourth-order valence-corrected chi connectivity index (χ4v) is 6.79. The van der Waals surface area contributed by atoms with E-state index in [9.17, 15) is 9.59 Å². The Labute approximate surface area is 252 Å². The number of benzene rings is 2. The predicted octanol–water partition coefficient (Wildman–Crippen LogP) is 6.49. The molecule has 1 saturated carbocycles. The molecule has 7 heteroatoms. The van der Waals surface area contributed by atoms with E-state index in [0.717, 1.165) is 88.1 Å². The van der Waals surface area contributed by atoms with Crippen LogP contribution >= 0.6 is 0 Å². The molecule has 4 atom stereocenters. The van der Waals surface area contributed by atoms with Crippen LogP contribution in [0, 0.1) is 45.4 Å². The zero-order chi connectivity index (χ0) is 30.2. The highest BCUT2D eigenvalue weighted by molar-refractivity contribution is 5.97. The van der Waals surface area contributed by atoms with Crippen LogP contribution in [0.5, 0.6) is 0 Å². The Balaban J connectivity index is 0.000000281. The number of aryl methyl sites for hydroxylation is 4. The van der Waals surface area contributed by atoms with Gasteiger partial charge in [-0.05, 0) is 99.7 Å². The fraction of sp³-hybridized carbons (Fsp3) is 0.600. The molecule has 3 heterocycles. The lowest BCUT2D eigenvalue weighted by atomic mass is 9.87. The number of anilines is 1. The number of hydrogen-bond acceptors (Lipinski definition) is 6. The second-order valence-corrected chi connectivity index (χ2v) is 12.3. The van der Waals surface area contributed by atoms with Crippen molar-refractivity contribution in [3.8, 4) is 0 Å². The number of rotatable bonds is 6. The molecule has 4 unspecified atom stereocenters. The molecule has 1 amide bonds. The van der Waals surface area contributed by atoms with Crippen molar-refractivity contribution in [3.05, 3.63) is 64.2 Å². The summed E-state index contributed by atoms with van der Waals surface area (Å²) in [6.45, 7) is 18.6. The van der Waals surface area contributed by atoms with E-state index in [4.69, 9.17) is 4.89 Å². The minimum Gasteiger partial charge on any atom is -0.385 e. The number of nitrogens with zero attached hydrogens (tertiary/aromatic N) is 2. The first-order valence-electron chi connectivity index (χ1n) is 16.1. The average molecular weight is 578 g/mol. The van der Waals surface area contributed by atoms with Gasteiger partial charge >= 0.3 is 5.97 Å². The first-order valence-corrected chi connectivity index (χ1v) is 16.1. The summed E-state index contributed by atoms with van der Waals surface area (Å²) in [5.41, 5.74) is 7.00. The van der Waals surface area contributed by atoms with E-state index in [-0.39, 0.29) is 23.9 Å². The Morgan fingerprint density at radius 1 is 0.881 bits per heavy atom. The largest absolute Gasteiger partial charge is 0.385 e. The molecule has 3 aliphatic heterocycles. The van der Waals surface area contributed by atoms with E-state index in [1.165, 1.54) is 16.8 Å². The van der Waals surface area contributed by atoms with Gasteiger partial charge < -0.3 is 15.1 Å². The molecule has 4 fully saturated rings. The van der Waals surface area contributed by atoms with Gasteiger partial charge in [-0.3, -0.25) is 9.68 Å². The molecular weight excluding hydrogens is 526 g/mol. The molecule has 2 aromatic rings. The van der Waals surface area contributed by atoms with Crippen molar-refractivity contribution < 1.29 is 19.4 Å². The van der Waals surface area contributed by atoms with Crippen LogP contribution in [0.2, 0.25) is 0 Å². The fourth-order valence-electron chi connectivity index (χ4n) is 6.79. The first kappa shape index (κ1) is 32.0. The van der Waals surface area contributed by atoms with Crippen LogP contribution in [-0.2, 0) is 14.6 Å². The van der Waals surface area contributed by atoms with E-state index in [2.05, 4.69) is 52.1 Å². The molecule has 4 aliphatic rings. The van der Waals surface area contributed by atoms with Crippen molar-refractivity contribution in [3.63, 3.8) is 0 Å². The van der Waals surface area contributed by atoms with Crippen LogP contribution in [-0.4, -0.2) is 67.0 Å². The number of nitrogens with one attached hydrogen (secondary N) is 1. The highest BCUT2D eigenvalue weighted by atomic mass is 17.2. The van der Waals surface area contributed by atoms with Crippen molar-refractivity contribution in [1.82, 2.24) is 9.80 Å². The lowest BCUT2D eigenvalue weighted by Crippen LogP contribution is -2.34. The molecule has 0 bridgehead atoms. The summed E-state index contributed by atoms with van der Waals surface area (Å²) < 4.78 is 0. The topological polar surface area (TPSA) is 71.1 Å². The molecule has 3 saturated heterocycles. The Kier molecular flexibility index (Phi) is 11.4. The Morgan fingerprint density at radius 2 is 1.55 bits per heavy atom. The Bertz CT molecular complexity index is 1180. The third-order valence-electron chi connectivity index (χ3n) is 9.29. The number of amides is 1. The summed E-state index contributed by atoms with van der Waals surface area (Å²) >= 11 is 0. The summed E-state index contributed by atoms with van der Waals surface area (Å²) in [5.74, 6) is 1.37. The van der Waals surface area contributed by atoms with E-state index in [1.807, 2.05) is 45.9 Å². The minimum atomic E-state index is -0.162. The van der Waals surface area contributed by atoms with Crippen molar-refractivity contribution in [2.24, 2.45) is 17.8 Å². The van der Waals surface area contributed by atoms with Crippen molar-refractivity contribution in [1.29, 1.82) is 0 Å². The monoisotopic (exact) mass is 577 g/mol. The molecule has 6 rings (SSSR count).